The van der Waals surface area contributed by atoms with E-state index in [1.807, 2.05) is 14.1 Å². The second kappa shape index (κ2) is 12.9. The topological polar surface area (TPSA) is 49.4 Å². The largest absolute Gasteiger partial charge is 1.00 e. The zero-order chi connectivity index (χ0) is 16.4. The highest BCUT2D eigenvalue weighted by Gasteiger charge is 2.35. The Morgan fingerprint density at radius 3 is 2.05 bits per heavy atom. The van der Waals surface area contributed by atoms with Crippen molar-refractivity contribution >= 4 is 10.0 Å². The highest BCUT2D eigenvalue weighted by atomic mass is 127. The van der Waals surface area contributed by atoms with E-state index in [4.69, 9.17) is 0 Å². The monoisotopic (exact) mass is 449 g/mol. The first-order valence-corrected chi connectivity index (χ1v) is 9.82. The normalized spacial score (nSPS) is 14.6. The Hall–Kier alpha value is 0.560. The lowest BCUT2D eigenvalue weighted by molar-refractivity contribution is -0.830. The molecule has 0 radical (unpaired) electrons. The fourth-order valence-corrected chi connectivity index (χ4v) is 4.00. The van der Waals surface area contributed by atoms with Crippen LogP contribution in [0.5, 0.6) is 0 Å². The molecule has 0 aliphatic carbocycles. The van der Waals surface area contributed by atoms with E-state index in [0.29, 0.717) is 6.54 Å². The molecule has 0 aromatic carbocycles. The molecule has 7 heteroatoms. The molecule has 0 spiro atoms. The van der Waals surface area contributed by atoms with Crippen molar-refractivity contribution in [3.63, 3.8) is 0 Å². The van der Waals surface area contributed by atoms with Crippen molar-refractivity contribution < 1.29 is 36.4 Å². The summed E-state index contributed by atoms with van der Waals surface area (Å²) in [5, 5.41) is 0. The summed E-state index contributed by atoms with van der Waals surface area (Å²) in [6.45, 7) is 3.70. The van der Waals surface area contributed by atoms with Gasteiger partial charge in [-0.25, -0.2) is 0 Å². The number of unbranched alkanes of at least 4 members (excludes halogenated alkanes) is 5. The second-order valence-electron chi connectivity index (χ2n) is 6.26. The number of hydrogen-bond acceptors (Lipinski definition) is 4. The average molecular weight is 449 g/mol. The van der Waals surface area contributed by atoms with Crippen molar-refractivity contribution in [3.05, 3.63) is 0 Å². The van der Waals surface area contributed by atoms with E-state index in [0.717, 1.165) is 32.2 Å². The molecule has 1 unspecified atom stereocenters. The van der Waals surface area contributed by atoms with Crippen LogP contribution in [0.2, 0.25) is 0 Å². The molecule has 0 bridgehead atoms. The number of nitrogens with zero attached hydrogens (tertiary/aromatic N) is 2. The fourth-order valence-electron chi connectivity index (χ4n) is 2.34. The smallest absolute Gasteiger partial charge is 0.314 e. The number of hydrogen-bond donors (Lipinski definition) is 1. The van der Waals surface area contributed by atoms with Crippen LogP contribution in [0.15, 0.2) is 0 Å². The summed E-state index contributed by atoms with van der Waals surface area (Å²) >= 11 is 0. The molecule has 0 saturated carbocycles. The number of sulfonamides is 1. The van der Waals surface area contributed by atoms with Gasteiger partial charge in [-0.1, -0.05) is 39.0 Å². The third kappa shape index (κ3) is 9.64. The number of halogens is 1. The molecule has 0 amide bonds. The van der Waals surface area contributed by atoms with Crippen molar-refractivity contribution in [3.8, 4) is 0 Å². The van der Waals surface area contributed by atoms with Crippen molar-refractivity contribution in [1.29, 1.82) is 0 Å². The zero-order valence-electron chi connectivity index (χ0n) is 15.1. The van der Waals surface area contributed by atoms with E-state index in [1.54, 1.807) is 14.1 Å². The molecule has 5 nitrogen and oxygen atoms in total. The van der Waals surface area contributed by atoms with Gasteiger partial charge in [0.15, 0.2) is 0 Å². The van der Waals surface area contributed by atoms with Gasteiger partial charge in [-0.05, 0) is 20.5 Å². The van der Waals surface area contributed by atoms with Crippen LogP contribution in [0.1, 0.15) is 51.9 Å². The molecule has 1 atom stereocenters. The fraction of sp³-hybridized carbons (Fsp3) is 1.00. The van der Waals surface area contributed by atoms with E-state index in [1.165, 1.54) is 19.3 Å². The number of quaternary nitrogens is 1. The SMILES string of the molecule is CCCCCCCCS(=O)(=O)[N+](C)(CCCN(C)C)NC.[I-]. The number of nitrogens with one attached hydrogen (secondary N) is 1. The van der Waals surface area contributed by atoms with E-state index >= 15 is 0 Å². The van der Waals surface area contributed by atoms with E-state index in [-0.39, 0.29) is 33.7 Å². The van der Waals surface area contributed by atoms with Crippen LogP contribution in [0, 0.1) is 0 Å². The van der Waals surface area contributed by atoms with Crippen LogP contribution < -0.4 is 29.4 Å². The van der Waals surface area contributed by atoms with E-state index in [2.05, 4.69) is 17.2 Å². The highest BCUT2D eigenvalue weighted by Crippen LogP contribution is 2.14. The van der Waals surface area contributed by atoms with Crippen LogP contribution >= 0.6 is 0 Å². The van der Waals surface area contributed by atoms with Gasteiger partial charge < -0.3 is 28.9 Å². The molecule has 0 aliphatic heterocycles. The minimum atomic E-state index is -3.15. The Kier molecular flexibility index (Phi) is 14.6. The first-order valence-electron chi connectivity index (χ1n) is 8.21. The molecule has 0 fully saturated rings. The summed E-state index contributed by atoms with van der Waals surface area (Å²) in [7, 11) is 4.36. The maximum absolute atomic E-state index is 12.5. The first-order chi connectivity index (χ1) is 9.79. The maximum Gasteiger partial charge on any atom is 0.314 e. The Morgan fingerprint density at radius 1 is 1.00 bits per heavy atom. The second-order valence-corrected chi connectivity index (χ2v) is 8.64. The summed E-state index contributed by atoms with van der Waals surface area (Å²) in [5.74, 6) is 0.276. The summed E-state index contributed by atoms with van der Waals surface area (Å²) in [6.07, 6.45) is 7.49. The third-order valence-corrected chi connectivity index (χ3v) is 6.43. The highest BCUT2D eigenvalue weighted by molar-refractivity contribution is 7.85. The molecular formula is C15H36IN3O2S. The van der Waals surface area contributed by atoms with Crippen LogP contribution in [0.25, 0.3) is 0 Å². The minimum absolute atomic E-state index is 0. The lowest BCUT2D eigenvalue weighted by Gasteiger charge is -2.31. The first kappa shape index (κ1) is 24.8. The van der Waals surface area contributed by atoms with Crippen molar-refractivity contribution in [2.75, 3.05) is 47.0 Å². The molecule has 0 aromatic rings. The van der Waals surface area contributed by atoms with E-state index in [9.17, 15) is 8.42 Å². The molecule has 0 saturated heterocycles. The van der Waals surface area contributed by atoms with Crippen molar-refractivity contribution in [2.45, 2.75) is 51.9 Å². The predicted octanol–water partition coefficient (Wildman–Crippen LogP) is -0.787. The molecule has 0 rings (SSSR count). The molecule has 1 N–H and O–H groups in total. The maximum atomic E-state index is 12.5. The van der Waals surface area contributed by atoms with Gasteiger partial charge in [0, 0.05) is 20.0 Å². The van der Waals surface area contributed by atoms with Crippen LogP contribution in [-0.4, -0.2) is 64.3 Å². The van der Waals surface area contributed by atoms with Gasteiger partial charge in [0.25, 0.3) is 0 Å². The van der Waals surface area contributed by atoms with Gasteiger partial charge >= 0.3 is 10.0 Å². The van der Waals surface area contributed by atoms with Gasteiger partial charge in [-0.3, -0.25) is 0 Å². The van der Waals surface area contributed by atoms with Crippen molar-refractivity contribution in [1.82, 2.24) is 10.3 Å². The van der Waals surface area contributed by atoms with Gasteiger partial charge in [0.2, 0.25) is 0 Å². The molecule has 0 aliphatic rings. The number of rotatable bonds is 13. The Balaban J connectivity index is 0. The van der Waals surface area contributed by atoms with E-state index < -0.39 is 10.0 Å². The van der Waals surface area contributed by atoms with Crippen LogP contribution in [0.3, 0.4) is 0 Å². The molecular weight excluding hydrogens is 413 g/mol. The summed E-state index contributed by atoms with van der Waals surface area (Å²) in [5.41, 5.74) is 2.98. The minimum Gasteiger partial charge on any atom is -1.00 e. The summed E-state index contributed by atoms with van der Waals surface area (Å²) in [4.78, 5) is 2.08. The Labute approximate surface area is 155 Å². The van der Waals surface area contributed by atoms with Gasteiger partial charge in [-0.2, -0.15) is 13.8 Å². The Morgan fingerprint density at radius 2 is 1.55 bits per heavy atom. The quantitative estimate of drug-likeness (QED) is 0.173. The molecule has 22 heavy (non-hydrogen) atoms. The molecule has 0 aromatic heterocycles. The van der Waals surface area contributed by atoms with Crippen LogP contribution in [0.4, 0.5) is 0 Å². The standard InChI is InChI=1S/C15H36N3O2S.HI/c1-6-7-8-9-10-11-15-21(19,20)18(5,16-2)14-12-13-17(3)4;/h16H,6-15H2,1-5H3;1H/q+1;/p-1. The predicted molar refractivity (Wildman–Crippen MR) is 90.4 cm³/mol. The lowest BCUT2D eigenvalue weighted by atomic mass is 10.1. The Bertz CT molecular complexity index is 364. The third-order valence-electron chi connectivity index (χ3n) is 4.03. The summed E-state index contributed by atoms with van der Waals surface area (Å²) < 4.78 is 25.0. The molecule has 136 valence electrons. The van der Waals surface area contributed by atoms with Crippen molar-refractivity contribution in [2.24, 2.45) is 0 Å². The van der Waals surface area contributed by atoms with Gasteiger partial charge in [0.1, 0.15) is 19.3 Å². The molecule has 0 heterocycles. The van der Waals surface area contributed by atoms with Crippen LogP contribution in [-0.2, 0) is 10.0 Å². The summed E-state index contributed by atoms with van der Waals surface area (Å²) in [6, 6.07) is 0. The average Bonchev–Trinajstić information content (AvgIpc) is 2.41. The van der Waals surface area contributed by atoms with Gasteiger partial charge in [-0.15, -0.1) is 4.00 Å². The lowest BCUT2D eigenvalue weighted by Crippen LogP contribution is -3.00. The van der Waals surface area contributed by atoms with Gasteiger partial charge in [0.05, 0.1) is 0 Å². The zero-order valence-corrected chi connectivity index (χ0v) is 18.0.